The first-order chi connectivity index (χ1) is 11.8. The Bertz CT molecular complexity index is 836. The highest BCUT2D eigenvalue weighted by atomic mass is 32.2. The molecule has 0 radical (unpaired) electrons. The van der Waals surface area contributed by atoms with Crippen molar-refractivity contribution >= 4 is 49.8 Å². The number of nitrogens with one attached hydrogen (secondary N) is 1. The van der Waals surface area contributed by atoms with Crippen LogP contribution in [-0.2, 0) is 14.8 Å². The van der Waals surface area contributed by atoms with E-state index in [1.807, 2.05) is 31.4 Å². The van der Waals surface area contributed by atoms with Gasteiger partial charge in [-0.05, 0) is 37.3 Å². The summed E-state index contributed by atoms with van der Waals surface area (Å²) in [7, 11) is -3.41. The first-order valence-electron chi connectivity index (χ1n) is 7.51. The number of rotatable bonds is 8. The van der Waals surface area contributed by atoms with E-state index in [1.54, 1.807) is 6.07 Å². The highest BCUT2D eigenvalue weighted by molar-refractivity contribution is 8.00. The van der Waals surface area contributed by atoms with Crippen molar-refractivity contribution in [3.05, 3.63) is 29.8 Å². The molecule has 136 valence electrons. The molecule has 0 fully saturated rings. The Hall–Kier alpha value is -1.65. The van der Waals surface area contributed by atoms with E-state index in [9.17, 15) is 13.2 Å². The van der Waals surface area contributed by atoms with Crippen LogP contribution in [0.15, 0.2) is 28.6 Å². The number of nitrogens with zero attached hydrogens (tertiary/aromatic N) is 3. The van der Waals surface area contributed by atoms with E-state index in [2.05, 4.69) is 15.5 Å². The maximum absolute atomic E-state index is 12.1. The van der Waals surface area contributed by atoms with Crippen molar-refractivity contribution in [3.63, 3.8) is 0 Å². The molecule has 7 nitrogen and oxygen atoms in total. The number of aryl methyl sites for hydroxylation is 1. The van der Waals surface area contributed by atoms with Crippen molar-refractivity contribution in [2.75, 3.05) is 28.7 Å². The van der Waals surface area contributed by atoms with E-state index in [1.165, 1.54) is 33.7 Å². The number of hydrogen-bond donors (Lipinski definition) is 1. The summed E-state index contributed by atoms with van der Waals surface area (Å²) in [6.45, 7) is 2.14. The summed E-state index contributed by atoms with van der Waals surface area (Å²) >= 11 is 2.77. The summed E-state index contributed by atoms with van der Waals surface area (Å²) in [5, 5.41) is 10.9. The van der Waals surface area contributed by atoms with Gasteiger partial charge >= 0.3 is 0 Å². The zero-order valence-corrected chi connectivity index (χ0v) is 16.7. The Morgan fingerprint density at radius 3 is 2.72 bits per heavy atom. The smallest absolute Gasteiger partial charge is 0.232 e. The number of aromatic nitrogens is 2. The molecule has 25 heavy (non-hydrogen) atoms. The van der Waals surface area contributed by atoms with E-state index in [-0.39, 0.29) is 18.9 Å². The monoisotopic (exact) mass is 400 g/mol. The van der Waals surface area contributed by atoms with Crippen LogP contribution in [-0.4, -0.2) is 43.6 Å². The Balaban J connectivity index is 1.93. The number of amides is 1. The second kappa shape index (κ2) is 8.63. The van der Waals surface area contributed by atoms with Gasteiger partial charge in [-0.15, -0.1) is 10.2 Å². The Labute approximate surface area is 155 Å². The van der Waals surface area contributed by atoms with E-state index < -0.39 is 10.0 Å². The second-order valence-electron chi connectivity index (χ2n) is 5.40. The van der Waals surface area contributed by atoms with Gasteiger partial charge in [0.15, 0.2) is 4.34 Å². The number of sulfonamides is 1. The van der Waals surface area contributed by atoms with Gasteiger partial charge in [-0.3, -0.25) is 9.10 Å². The minimum Gasteiger partial charge on any atom is -0.301 e. The molecular weight excluding hydrogens is 380 g/mol. The number of hydrogen-bond acceptors (Lipinski definition) is 7. The quantitative estimate of drug-likeness (QED) is 0.541. The summed E-state index contributed by atoms with van der Waals surface area (Å²) in [4.78, 5) is 12.0. The molecule has 1 amide bonds. The van der Waals surface area contributed by atoms with Gasteiger partial charge < -0.3 is 5.32 Å². The fourth-order valence-electron chi connectivity index (χ4n) is 2.18. The molecule has 0 saturated carbocycles. The first kappa shape index (κ1) is 19.7. The van der Waals surface area contributed by atoms with Gasteiger partial charge in [0.2, 0.25) is 21.1 Å². The minimum atomic E-state index is -3.41. The molecule has 2 rings (SSSR count). The lowest BCUT2D eigenvalue weighted by Crippen LogP contribution is -2.31. The van der Waals surface area contributed by atoms with Crippen LogP contribution in [0.3, 0.4) is 0 Å². The molecule has 0 aliphatic rings. The number of benzene rings is 1. The SMILES string of the molecule is CSc1nnc(NC(=O)CCCN(c2cccc(C)c2)S(C)(=O)=O)s1. The van der Waals surface area contributed by atoms with E-state index in [4.69, 9.17) is 0 Å². The van der Waals surface area contributed by atoms with Crippen LogP contribution in [0.25, 0.3) is 0 Å². The molecular formula is C15H20N4O3S3. The maximum atomic E-state index is 12.1. The van der Waals surface area contributed by atoms with Crippen LogP contribution in [0.4, 0.5) is 10.8 Å². The lowest BCUT2D eigenvalue weighted by atomic mass is 10.2. The highest BCUT2D eigenvalue weighted by Crippen LogP contribution is 2.23. The molecule has 10 heteroatoms. The molecule has 0 aliphatic carbocycles. The molecule has 2 aromatic rings. The molecule has 0 saturated heterocycles. The largest absolute Gasteiger partial charge is 0.301 e. The van der Waals surface area contributed by atoms with Crippen LogP contribution in [0, 0.1) is 6.92 Å². The number of thioether (sulfide) groups is 1. The standard InChI is InChI=1S/C15H20N4O3S3/c1-11-6-4-7-12(10-11)19(25(3,21)22)9-5-8-13(20)16-14-17-18-15(23-2)24-14/h4,6-7,10H,5,8-9H2,1-3H3,(H,16,17,20). The molecule has 1 heterocycles. The van der Waals surface area contributed by atoms with E-state index in [0.717, 1.165) is 9.90 Å². The molecule has 0 aliphatic heterocycles. The fraction of sp³-hybridized carbons (Fsp3) is 0.400. The molecule has 0 spiro atoms. The van der Waals surface area contributed by atoms with Gasteiger partial charge in [0.05, 0.1) is 11.9 Å². The zero-order chi connectivity index (χ0) is 18.4. The highest BCUT2D eigenvalue weighted by Gasteiger charge is 2.18. The average Bonchev–Trinajstić information content (AvgIpc) is 2.98. The lowest BCUT2D eigenvalue weighted by molar-refractivity contribution is -0.116. The minimum absolute atomic E-state index is 0.200. The van der Waals surface area contributed by atoms with Crippen molar-refractivity contribution in [1.82, 2.24) is 10.2 Å². The van der Waals surface area contributed by atoms with Gasteiger partial charge in [-0.2, -0.15) is 0 Å². The molecule has 0 bridgehead atoms. The first-order valence-corrected chi connectivity index (χ1v) is 11.4. The summed E-state index contributed by atoms with van der Waals surface area (Å²) < 4.78 is 26.2. The number of carbonyl (C=O) groups is 1. The summed E-state index contributed by atoms with van der Waals surface area (Å²) in [5.41, 5.74) is 1.58. The second-order valence-corrected chi connectivity index (χ2v) is 9.34. The van der Waals surface area contributed by atoms with Crippen LogP contribution in [0.2, 0.25) is 0 Å². The molecule has 1 aromatic heterocycles. The topological polar surface area (TPSA) is 92.3 Å². The summed E-state index contributed by atoms with van der Waals surface area (Å²) in [5.74, 6) is -0.207. The Kier molecular flexibility index (Phi) is 6.79. The van der Waals surface area contributed by atoms with Gasteiger partial charge in [-0.1, -0.05) is 35.2 Å². The van der Waals surface area contributed by atoms with Crippen LogP contribution >= 0.6 is 23.1 Å². The summed E-state index contributed by atoms with van der Waals surface area (Å²) in [6, 6.07) is 7.28. The predicted molar refractivity (Wildman–Crippen MR) is 103 cm³/mol. The van der Waals surface area contributed by atoms with Crippen molar-refractivity contribution in [1.29, 1.82) is 0 Å². The van der Waals surface area contributed by atoms with Gasteiger partial charge in [-0.25, -0.2) is 8.42 Å². The zero-order valence-electron chi connectivity index (χ0n) is 14.2. The Morgan fingerprint density at radius 1 is 1.36 bits per heavy atom. The lowest BCUT2D eigenvalue weighted by Gasteiger charge is -2.22. The number of anilines is 2. The molecule has 0 unspecified atom stereocenters. The van der Waals surface area contributed by atoms with Gasteiger partial charge in [0.1, 0.15) is 0 Å². The fourth-order valence-corrected chi connectivity index (χ4v) is 4.32. The van der Waals surface area contributed by atoms with E-state index >= 15 is 0 Å². The number of carbonyl (C=O) groups excluding carboxylic acids is 1. The maximum Gasteiger partial charge on any atom is 0.232 e. The van der Waals surface area contributed by atoms with Gasteiger partial charge in [0.25, 0.3) is 0 Å². The average molecular weight is 401 g/mol. The van der Waals surface area contributed by atoms with Gasteiger partial charge in [0, 0.05) is 13.0 Å². The Morgan fingerprint density at radius 2 is 2.12 bits per heavy atom. The van der Waals surface area contributed by atoms with Crippen molar-refractivity contribution in [2.24, 2.45) is 0 Å². The third-order valence-corrected chi connectivity index (χ3v) is 6.29. The van der Waals surface area contributed by atoms with Crippen LogP contribution < -0.4 is 9.62 Å². The van der Waals surface area contributed by atoms with Crippen LogP contribution in [0.1, 0.15) is 18.4 Å². The predicted octanol–water partition coefficient (Wildman–Crippen LogP) is 2.75. The third-order valence-electron chi connectivity index (χ3n) is 3.28. The van der Waals surface area contributed by atoms with Crippen LogP contribution in [0.5, 0.6) is 0 Å². The molecule has 1 aromatic carbocycles. The van der Waals surface area contributed by atoms with Crippen molar-refractivity contribution < 1.29 is 13.2 Å². The molecule has 1 N–H and O–H groups in total. The van der Waals surface area contributed by atoms with E-state index in [0.29, 0.717) is 17.2 Å². The normalized spacial score (nSPS) is 11.3. The van der Waals surface area contributed by atoms with Crippen molar-refractivity contribution in [2.45, 2.75) is 24.1 Å². The third kappa shape index (κ3) is 5.98. The van der Waals surface area contributed by atoms with Crippen molar-refractivity contribution in [3.8, 4) is 0 Å². The summed E-state index contributed by atoms with van der Waals surface area (Å²) in [6.07, 6.45) is 3.66. The molecule has 0 atom stereocenters.